The second kappa shape index (κ2) is 10.6. The lowest BCUT2D eigenvalue weighted by molar-refractivity contribution is -0.150. The predicted octanol–water partition coefficient (Wildman–Crippen LogP) is 4.52. The van der Waals surface area contributed by atoms with E-state index in [1.54, 1.807) is 11.3 Å². The van der Waals surface area contributed by atoms with Crippen molar-refractivity contribution in [3.05, 3.63) is 35.3 Å². The summed E-state index contributed by atoms with van der Waals surface area (Å²) < 4.78 is 6.19. The highest BCUT2D eigenvalue weighted by Crippen LogP contribution is 2.31. The van der Waals surface area contributed by atoms with Gasteiger partial charge in [0.05, 0.1) is 17.1 Å². The molecule has 0 saturated carbocycles. The summed E-state index contributed by atoms with van der Waals surface area (Å²) in [6.45, 7) is 13.4. The minimum atomic E-state index is -1.09. The Hall–Kier alpha value is -2.94. The summed E-state index contributed by atoms with van der Waals surface area (Å²) in [5.41, 5.74) is 0.724. The highest BCUT2D eigenvalue weighted by atomic mass is 32.1. The largest absolute Gasteiger partial charge is 0.488 e. The predicted molar refractivity (Wildman–Crippen MR) is 140 cm³/mol. The fourth-order valence-electron chi connectivity index (χ4n) is 4.32. The van der Waals surface area contributed by atoms with Crippen molar-refractivity contribution in [1.29, 1.82) is 0 Å². The molecule has 3 rings (SSSR count). The third kappa shape index (κ3) is 7.06. The van der Waals surface area contributed by atoms with Crippen LogP contribution in [-0.4, -0.2) is 57.5 Å². The number of aliphatic carboxylic acids is 1. The number of thiophene rings is 1. The van der Waals surface area contributed by atoms with Crippen LogP contribution in [0.1, 0.15) is 60.1 Å². The van der Waals surface area contributed by atoms with Crippen LogP contribution >= 0.6 is 11.3 Å². The zero-order valence-electron chi connectivity index (χ0n) is 22.1. The smallest absolute Gasteiger partial charge is 0.326 e. The van der Waals surface area contributed by atoms with Gasteiger partial charge in [-0.25, -0.2) is 4.79 Å². The number of carbonyl (C=O) groups is 3. The molecule has 1 aliphatic rings. The Kier molecular flexibility index (Phi) is 8.13. The van der Waals surface area contributed by atoms with Crippen molar-refractivity contribution < 1.29 is 24.2 Å². The first-order chi connectivity index (χ1) is 16.6. The number of aromatic nitrogens is 1. The number of nitrogens with one attached hydrogen (secondary N) is 1. The standard InChI is InChI=1S/C27H37N3O5S/c1-16-11-17(12-19(28-16)21-9-8-10-36-21)35-18-13-20(25(33)34)30(15-18)24(32)23(27(5,6)7)29-22(31)14-26(2,3)4/h8-12,18,20,23H,13-15H2,1-7H3,(H,29,31)(H,33,34)/t18-,20+,23-/m1/s1. The van der Waals surface area contributed by atoms with Gasteiger partial charge < -0.3 is 20.1 Å². The Bertz CT molecular complexity index is 1100. The number of rotatable bonds is 7. The molecule has 0 aliphatic carbocycles. The number of aryl methyl sites for hydroxylation is 1. The summed E-state index contributed by atoms with van der Waals surface area (Å²) in [4.78, 5) is 45.4. The Labute approximate surface area is 217 Å². The summed E-state index contributed by atoms with van der Waals surface area (Å²) >= 11 is 1.58. The summed E-state index contributed by atoms with van der Waals surface area (Å²) in [5, 5.41) is 14.8. The molecule has 8 nitrogen and oxygen atoms in total. The molecule has 3 atom stereocenters. The van der Waals surface area contributed by atoms with Gasteiger partial charge in [-0.3, -0.25) is 14.6 Å². The van der Waals surface area contributed by atoms with Crippen LogP contribution in [0.5, 0.6) is 5.75 Å². The minimum Gasteiger partial charge on any atom is -0.488 e. The van der Waals surface area contributed by atoms with Crippen LogP contribution in [-0.2, 0) is 14.4 Å². The number of carboxylic acid groups (broad SMARTS) is 1. The Morgan fingerprint density at radius 3 is 2.47 bits per heavy atom. The van der Waals surface area contributed by atoms with Crippen molar-refractivity contribution in [1.82, 2.24) is 15.2 Å². The molecule has 0 unspecified atom stereocenters. The summed E-state index contributed by atoms with van der Waals surface area (Å²) in [6, 6.07) is 5.68. The van der Waals surface area contributed by atoms with E-state index in [1.165, 1.54) is 4.90 Å². The van der Waals surface area contributed by atoms with Gasteiger partial charge in [-0.2, -0.15) is 0 Å². The molecule has 2 amide bonds. The van der Waals surface area contributed by atoms with Crippen LogP contribution in [0, 0.1) is 17.8 Å². The fraction of sp³-hybridized carbons (Fsp3) is 0.556. The van der Waals surface area contributed by atoms with Gasteiger partial charge in [0.25, 0.3) is 0 Å². The summed E-state index contributed by atoms with van der Waals surface area (Å²) in [6.07, 6.45) is -0.0858. The monoisotopic (exact) mass is 515 g/mol. The molecule has 1 aliphatic heterocycles. The van der Waals surface area contributed by atoms with Crippen molar-refractivity contribution in [2.75, 3.05) is 6.54 Å². The fourth-order valence-corrected chi connectivity index (χ4v) is 5.00. The lowest BCUT2D eigenvalue weighted by Gasteiger charge is -2.35. The second-order valence-corrected chi connectivity index (χ2v) is 12.7. The Morgan fingerprint density at radius 1 is 1.22 bits per heavy atom. The number of carboxylic acids is 1. The maximum atomic E-state index is 13.7. The molecule has 0 spiro atoms. The van der Waals surface area contributed by atoms with Crippen molar-refractivity contribution in [3.63, 3.8) is 0 Å². The quantitative estimate of drug-likeness (QED) is 0.561. The average Bonchev–Trinajstić information content (AvgIpc) is 3.39. The average molecular weight is 516 g/mol. The molecular weight excluding hydrogens is 478 g/mol. The van der Waals surface area contributed by atoms with Crippen molar-refractivity contribution >= 4 is 29.1 Å². The van der Waals surface area contributed by atoms with Gasteiger partial charge in [0.15, 0.2) is 0 Å². The van der Waals surface area contributed by atoms with E-state index in [4.69, 9.17) is 4.74 Å². The summed E-state index contributed by atoms with van der Waals surface area (Å²) in [5.74, 6) is -1.15. The molecule has 1 fully saturated rings. The number of pyridine rings is 1. The molecule has 3 heterocycles. The van der Waals surface area contributed by atoms with Gasteiger partial charge in [-0.05, 0) is 29.2 Å². The number of carbonyl (C=O) groups excluding carboxylic acids is 2. The van der Waals surface area contributed by atoms with Crippen LogP contribution in [0.4, 0.5) is 0 Å². The van der Waals surface area contributed by atoms with E-state index in [0.717, 1.165) is 16.3 Å². The molecule has 1 saturated heterocycles. The zero-order chi connectivity index (χ0) is 26.8. The van der Waals surface area contributed by atoms with Crippen LogP contribution < -0.4 is 10.1 Å². The lowest BCUT2D eigenvalue weighted by Crippen LogP contribution is -2.57. The number of hydrogen-bond acceptors (Lipinski definition) is 6. The van der Waals surface area contributed by atoms with E-state index in [0.29, 0.717) is 5.75 Å². The summed E-state index contributed by atoms with van der Waals surface area (Å²) in [7, 11) is 0. The van der Waals surface area contributed by atoms with E-state index in [9.17, 15) is 19.5 Å². The van der Waals surface area contributed by atoms with Crippen LogP contribution in [0.3, 0.4) is 0 Å². The third-order valence-electron chi connectivity index (χ3n) is 5.94. The van der Waals surface area contributed by atoms with E-state index >= 15 is 0 Å². The first-order valence-corrected chi connectivity index (χ1v) is 13.0. The van der Waals surface area contributed by atoms with Gasteiger partial charge in [-0.1, -0.05) is 47.6 Å². The number of amides is 2. The highest BCUT2D eigenvalue weighted by molar-refractivity contribution is 7.13. The first-order valence-electron chi connectivity index (χ1n) is 12.2. The van der Waals surface area contributed by atoms with E-state index in [2.05, 4.69) is 10.3 Å². The lowest BCUT2D eigenvalue weighted by atomic mass is 9.84. The number of likely N-dealkylation sites (tertiary alicyclic amines) is 1. The number of hydrogen-bond donors (Lipinski definition) is 2. The van der Waals surface area contributed by atoms with Crippen molar-refractivity contribution in [2.24, 2.45) is 10.8 Å². The Balaban J connectivity index is 1.80. The molecule has 36 heavy (non-hydrogen) atoms. The molecule has 2 aromatic rings. The van der Waals surface area contributed by atoms with Gasteiger partial charge in [0, 0.05) is 30.7 Å². The molecular formula is C27H37N3O5S. The Morgan fingerprint density at radius 2 is 1.92 bits per heavy atom. The highest BCUT2D eigenvalue weighted by Gasteiger charge is 2.45. The maximum Gasteiger partial charge on any atom is 0.326 e. The van der Waals surface area contributed by atoms with Crippen LogP contribution in [0.25, 0.3) is 10.6 Å². The van der Waals surface area contributed by atoms with E-state index < -0.39 is 35.5 Å². The second-order valence-electron chi connectivity index (χ2n) is 11.7. The van der Waals surface area contributed by atoms with E-state index in [-0.39, 0.29) is 30.7 Å². The third-order valence-corrected chi connectivity index (χ3v) is 6.84. The number of ether oxygens (including phenoxy) is 1. The topological polar surface area (TPSA) is 109 Å². The molecule has 2 aromatic heterocycles. The number of nitrogens with zero attached hydrogens (tertiary/aromatic N) is 2. The minimum absolute atomic E-state index is 0.118. The van der Waals surface area contributed by atoms with Gasteiger partial charge in [0.1, 0.15) is 23.9 Å². The van der Waals surface area contributed by atoms with E-state index in [1.807, 2.05) is 78.1 Å². The molecule has 2 N–H and O–H groups in total. The van der Waals surface area contributed by atoms with Gasteiger partial charge in [0.2, 0.25) is 11.8 Å². The molecule has 9 heteroatoms. The van der Waals surface area contributed by atoms with Gasteiger partial charge >= 0.3 is 5.97 Å². The van der Waals surface area contributed by atoms with Crippen molar-refractivity contribution in [2.45, 2.75) is 79.5 Å². The molecule has 0 radical (unpaired) electrons. The normalized spacial score (nSPS) is 19.1. The maximum absolute atomic E-state index is 13.7. The first kappa shape index (κ1) is 27.6. The zero-order valence-corrected chi connectivity index (χ0v) is 22.9. The van der Waals surface area contributed by atoms with Crippen LogP contribution in [0.15, 0.2) is 29.6 Å². The molecule has 0 aromatic carbocycles. The van der Waals surface area contributed by atoms with Crippen molar-refractivity contribution in [3.8, 4) is 16.3 Å². The molecule has 0 bridgehead atoms. The molecule has 196 valence electrons. The van der Waals surface area contributed by atoms with Gasteiger partial charge in [-0.15, -0.1) is 11.3 Å². The van der Waals surface area contributed by atoms with Crippen LogP contribution in [0.2, 0.25) is 0 Å². The SMILES string of the molecule is Cc1cc(O[C@@H]2C[C@@H](C(=O)O)N(C(=O)[C@@H](NC(=O)CC(C)(C)C)C(C)(C)C)C2)cc(-c2cccs2)n1.